The lowest BCUT2D eigenvalue weighted by Gasteiger charge is -2.14. The molecule has 5 nitrogen and oxygen atoms in total. The molecule has 25 heavy (non-hydrogen) atoms. The summed E-state index contributed by atoms with van der Waals surface area (Å²) in [6.07, 6.45) is 4.40. The number of nitrogens with one attached hydrogen (secondary N) is 3. The minimum absolute atomic E-state index is 0.273. The first kappa shape index (κ1) is 19.2. The van der Waals surface area contributed by atoms with Gasteiger partial charge in [0.25, 0.3) is 5.91 Å². The minimum atomic E-state index is -0.330. The second-order valence-electron chi connectivity index (χ2n) is 5.45. The number of benzene rings is 1. The van der Waals surface area contributed by atoms with Gasteiger partial charge in [0.1, 0.15) is 0 Å². The highest BCUT2D eigenvalue weighted by atomic mass is 35.5. The molecule has 2 rings (SSSR count). The molecule has 0 saturated heterocycles. The Labute approximate surface area is 157 Å². The zero-order chi connectivity index (χ0) is 18.4. The average Bonchev–Trinajstić information content (AvgIpc) is 2.62. The standard InChI is InChI=1S/C18H20Cl2N4O/c1-3-7-23-16-8-11(5-6-12(16)15(21)4-2)18(25)24-17-13(19)9-22-10-14(17)20/h5-6,8-10,21,23H,3-4,7H2,1-2H3,(H,22,24,25). The predicted octanol–water partition coefficient (Wildman–Crippen LogP) is 5.24. The Morgan fingerprint density at radius 1 is 1.20 bits per heavy atom. The Kier molecular flexibility index (Phi) is 6.79. The van der Waals surface area contributed by atoms with Crippen LogP contribution >= 0.6 is 23.2 Å². The van der Waals surface area contributed by atoms with Gasteiger partial charge in [-0.05, 0) is 25.0 Å². The third-order valence-electron chi connectivity index (χ3n) is 3.62. The number of pyridine rings is 1. The first-order chi connectivity index (χ1) is 12.0. The predicted molar refractivity (Wildman–Crippen MR) is 105 cm³/mol. The molecule has 0 spiro atoms. The lowest BCUT2D eigenvalue weighted by molar-refractivity contribution is 0.102. The molecule has 1 heterocycles. The van der Waals surface area contributed by atoms with Crippen LogP contribution in [0.15, 0.2) is 30.6 Å². The van der Waals surface area contributed by atoms with Gasteiger partial charge in [-0.15, -0.1) is 0 Å². The molecule has 7 heteroatoms. The van der Waals surface area contributed by atoms with Crippen molar-refractivity contribution >= 4 is 46.2 Å². The molecule has 0 aliphatic heterocycles. The van der Waals surface area contributed by atoms with Gasteiger partial charge in [0.05, 0.1) is 15.7 Å². The Morgan fingerprint density at radius 2 is 1.88 bits per heavy atom. The number of carbonyl (C=O) groups is 1. The monoisotopic (exact) mass is 378 g/mol. The van der Waals surface area contributed by atoms with Crippen molar-refractivity contribution in [2.75, 3.05) is 17.2 Å². The van der Waals surface area contributed by atoms with Crippen LogP contribution in [-0.4, -0.2) is 23.1 Å². The molecule has 0 fully saturated rings. The number of rotatable bonds is 7. The van der Waals surface area contributed by atoms with Crippen molar-refractivity contribution in [1.82, 2.24) is 4.98 Å². The summed E-state index contributed by atoms with van der Waals surface area (Å²) in [5.41, 5.74) is 2.87. The lowest BCUT2D eigenvalue weighted by Crippen LogP contribution is -2.15. The van der Waals surface area contributed by atoms with E-state index in [9.17, 15) is 4.79 Å². The Bertz CT molecular complexity index is 772. The lowest BCUT2D eigenvalue weighted by atomic mass is 10.0. The number of carbonyl (C=O) groups excluding carboxylic acids is 1. The fourth-order valence-electron chi connectivity index (χ4n) is 2.26. The number of aromatic nitrogens is 1. The van der Waals surface area contributed by atoms with E-state index < -0.39 is 0 Å². The first-order valence-corrected chi connectivity index (χ1v) is 8.79. The van der Waals surface area contributed by atoms with Gasteiger partial charge in [0.15, 0.2) is 0 Å². The van der Waals surface area contributed by atoms with E-state index >= 15 is 0 Å². The van der Waals surface area contributed by atoms with Crippen molar-refractivity contribution in [2.24, 2.45) is 0 Å². The molecular weight excluding hydrogens is 359 g/mol. The molecule has 2 aromatic rings. The van der Waals surface area contributed by atoms with Crippen molar-refractivity contribution in [3.05, 3.63) is 51.8 Å². The molecule has 0 radical (unpaired) electrons. The van der Waals surface area contributed by atoms with Gasteiger partial charge in [-0.2, -0.15) is 0 Å². The smallest absolute Gasteiger partial charge is 0.255 e. The van der Waals surface area contributed by atoms with Gasteiger partial charge >= 0.3 is 0 Å². The van der Waals surface area contributed by atoms with E-state index in [0.29, 0.717) is 23.4 Å². The van der Waals surface area contributed by atoms with Gasteiger partial charge < -0.3 is 16.0 Å². The van der Waals surface area contributed by atoms with Crippen LogP contribution in [0.25, 0.3) is 0 Å². The summed E-state index contributed by atoms with van der Waals surface area (Å²) in [6.45, 7) is 4.75. The third-order valence-corrected chi connectivity index (χ3v) is 4.19. The number of halogens is 2. The van der Waals surface area contributed by atoms with Gasteiger partial charge in [-0.1, -0.05) is 43.1 Å². The van der Waals surface area contributed by atoms with Crippen LogP contribution in [0, 0.1) is 5.41 Å². The van der Waals surface area contributed by atoms with Crippen LogP contribution in [-0.2, 0) is 0 Å². The van der Waals surface area contributed by atoms with E-state index in [-0.39, 0.29) is 16.0 Å². The summed E-state index contributed by atoms with van der Waals surface area (Å²) < 4.78 is 0. The van der Waals surface area contributed by atoms with Gasteiger partial charge in [0.2, 0.25) is 0 Å². The van der Waals surface area contributed by atoms with E-state index in [2.05, 4.69) is 22.5 Å². The van der Waals surface area contributed by atoms with E-state index in [1.54, 1.807) is 18.2 Å². The minimum Gasteiger partial charge on any atom is -0.384 e. The molecule has 0 unspecified atom stereocenters. The topological polar surface area (TPSA) is 77.9 Å². The van der Waals surface area contributed by atoms with Gasteiger partial charge in [-0.25, -0.2) is 0 Å². The number of nitrogens with zero attached hydrogens (tertiary/aromatic N) is 1. The molecule has 0 atom stereocenters. The highest BCUT2D eigenvalue weighted by Crippen LogP contribution is 2.29. The molecule has 0 aliphatic rings. The fraction of sp³-hybridized carbons (Fsp3) is 0.278. The molecule has 0 bridgehead atoms. The second-order valence-corrected chi connectivity index (χ2v) is 6.27. The van der Waals surface area contributed by atoms with Crippen LogP contribution in [0.5, 0.6) is 0 Å². The van der Waals surface area contributed by atoms with Crippen molar-refractivity contribution in [2.45, 2.75) is 26.7 Å². The van der Waals surface area contributed by atoms with Crippen molar-refractivity contribution in [3.63, 3.8) is 0 Å². The maximum absolute atomic E-state index is 12.6. The summed E-state index contributed by atoms with van der Waals surface area (Å²) in [5, 5.41) is 14.6. The molecule has 132 valence electrons. The fourth-order valence-corrected chi connectivity index (χ4v) is 2.72. The molecule has 1 aromatic heterocycles. The molecule has 0 aliphatic carbocycles. The van der Waals surface area contributed by atoms with Crippen molar-refractivity contribution in [1.29, 1.82) is 5.41 Å². The van der Waals surface area contributed by atoms with Crippen LogP contribution in [0.3, 0.4) is 0 Å². The van der Waals surface area contributed by atoms with Crippen LogP contribution < -0.4 is 10.6 Å². The van der Waals surface area contributed by atoms with Gasteiger partial charge in [0, 0.05) is 41.5 Å². The maximum atomic E-state index is 12.6. The average molecular weight is 379 g/mol. The largest absolute Gasteiger partial charge is 0.384 e. The SMILES string of the molecule is CCCNc1cc(C(=O)Nc2c(Cl)cncc2Cl)ccc1C(=N)CC. The summed E-state index contributed by atoms with van der Waals surface area (Å²) in [7, 11) is 0. The molecular formula is C18H20Cl2N4O. The van der Waals surface area contributed by atoms with Gasteiger partial charge in [-0.3, -0.25) is 9.78 Å². The molecule has 1 amide bonds. The van der Waals surface area contributed by atoms with E-state index in [0.717, 1.165) is 24.2 Å². The molecule has 3 N–H and O–H groups in total. The number of hydrogen-bond donors (Lipinski definition) is 3. The second kappa shape index (κ2) is 8.83. The molecule has 0 saturated carbocycles. The highest BCUT2D eigenvalue weighted by molar-refractivity contribution is 6.39. The highest BCUT2D eigenvalue weighted by Gasteiger charge is 2.15. The normalized spacial score (nSPS) is 10.4. The zero-order valence-electron chi connectivity index (χ0n) is 14.1. The van der Waals surface area contributed by atoms with Crippen molar-refractivity contribution < 1.29 is 4.79 Å². The number of hydrogen-bond acceptors (Lipinski definition) is 4. The maximum Gasteiger partial charge on any atom is 0.255 e. The van der Waals surface area contributed by atoms with E-state index in [1.807, 2.05) is 6.92 Å². The number of amides is 1. The summed E-state index contributed by atoms with van der Waals surface area (Å²) in [6, 6.07) is 5.22. The third kappa shape index (κ3) is 4.71. The summed E-state index contributed by atoms with van der Waals surface area (Å²) >= 11 is 12.1. The van der Waals surface area contributed by atoms with Crippen molar-refractivity contribution in [3.8, 4) is 0 Å². The van der Waals surface area contributed by atoms with Crippen LogP contribution in [0.4, 0.5) is 11.4 Å². The Hall–Kier alpha value is -2.11. The summed E-state index contributed by atoms with van der Waals surface area (Å²) in [5.74, 6) is -0.330. The Morgan fingerprint density at radius 3 is 2.48 bits per heavy atom. The molecule has 1 aromatic carbocycles. The van der Waals surface area contributed by atoms with Crippen LogP contribution in [0.2, 0.25) is 10.0 Å². The number of anilines is 2. The Balaban J connectivity index is 2.32. The quantitative estimate of drug-likeness (QED) is 0.576. The summed E-state index contributed by atoms with van der Waals surface area (Å²) in [4.78, 5) is 16.4. The van der Waals surface area contributed by atoms with E-state index in [4.69, 9.17) is 28.6 Å². The van der Waals surface area contributed by atoms with E-state index in [1.165, 1.54) is 12.4 Å². The van der Waals surface area contributed by atoms with Crippen LogP contribution in [0.1, 0.15) is 42.6 Å². The zero-order valence-corrected chi connectivity index (χ0v) is 15.6. The first-order valence-electron chi connectivity index (χ1n) is 8.04.